The first-order valence-corrected chi connectivity index (χ1v) is 13.9. The summed E-state index contributed by atoms with van der Waals surface area (Å²) in [4.78, 5) is 30.4. The van der Waals surface area contributed by atoms with E-state index in [0.717, 1.165) is 36.8 Å². The molecule has 1 saturated carbocycles. The highest BCUT2D eigenvalue weighted by Gasteiger charge is 2.77. The molecule has 3 aliphatic heterocycles. The summed E-state index contributed by atoms with van der Waals surface area (Å²) >= 11 is 0. The molecule has 4 aliphatic rings. The van der Waals surface area contributed by atoms with Crippen molar-refractivity contribution in [2.75, 3.05) is 38.7 Å². The summed E-state index contributed by atoms with van der Waals surface area (Å²) in [6, 6.07) is 10.9. The maximum Gasteiger partial charge on any atom is 0.303 e. The normalized spacial score (nSPS) is 33.6. The van der Waals surface area contributed by atoms with Crippen molar-refractivity contribution >= 4 is 17.6 Å². The number of nitrogens with one attached hydrogen (secondary N) is 1. The van der Waals surface area contributed by atoms with Crippen molar-refractivity contribution in [3.05, 3.63) is 71.6 Å². The standard InChI is InChI=1S/C31H36FN3O5/c1-5-29-12-7-14-35-15-13-30(26(29)35)23-11-10-22(39-4)17-24(23)34(3)27(30)31(38,28(29)40-19(2)36)18-33-25(37)20-8-6-9-21(32)16-20/h6-12,16-17,26-28,38H,5,13-15,18H2,1-4H3,(H,33,37)/t26-,27+,28+,29+,30+,31-/m0/s1. The topological polar surface area (TPSA) is 91.3 Å². The highest BCUT2D eigenvalue weighted by molar-refractivity contribution is 5.94. The monoisotopic (exact) mass is 549 g/mol. The third-order valence-corrected chi connectivity index (χ3v) is 9.84. The Morgan fingerprint density at radius 3 is 2.70 bits per heavy atom. The number of hydrogen-bond acceptors (Lipinski definition) is 7. The first kappa shape index (κ1) is 26.8. The number of benzene rings is 2. The Hall–Kier alpha value is -3.43. The summed E-state index contributed by atoms with van der Waals surface area (Å²) in [5, 5.41) is 15.9. The first-order valence-electron chi connectivity index (χ1n) is 13.9. The summed E-state index contributed by atoms with van der Waals surface area (Å²) in [6.45, 7) is 4.83. The van der Waals surface area contributed by atoms with E-state index in [-0.39, 0.29) is 18.2 Å². The predicted molar refractivity (Wildman–Crippen MR) is 148 cm³/mol. The van der Waals surface area contributed by atoms with Crippen molar-refractivity contribution in [3.8, 4) is 5.75 Å². The summed E-state index contributed by atoms with van der Waals surface area (Å²) in [5.41, 5.74) is -0.691. The number of aliphatic hydroxyl groups is 1. The zero-order valence-corrected chi connectivity index (χ0v) is 23.3. The van der Waals surface area contributed by atoms with Gasteiger partial charge in [0.2, 0.25) is 0 Å². The number of nitrogens with zero attached hydrogens (tertiary/aromatic N) is 2. The molecule has 2 fully saturated rings. The quantitative estimate of drug-likeness (QED) is 0.423. The zero-order chi connectivity index (χ0) is 28.4. The lowest BCUT2D eigenvalue weighted by molar-refractivity contribution is -0.216. The van der Waals surface area contributed by atoms with E-state index in [2.05, 4.69) is 40.3 Å². The van der Waals surface area contributed by atoms with Gasteiger partial charge in [-0.1, -0.05) is 31.2 Å². The van der Waals surface area contributed by atoms with Crippen LogP contribution in [0.1, 0.15) is 42.6 Å². The van der Waals surface area contributed by atoms with Crippen molar-refractivity contribution in [2.45, 2.75) is 55.9 Å². The van der Waals surface area contributed by atoms with E-state index in [0.29, 0.717) is 12.2 Å². The van der Waals surface area contributed by atoms with Crippen LogP contribution in [-0.2, 0) is 14.9 Å². The van der Waals surface area contributed by atoms with Crippen molar-refractivity contribution in [1.82, 2.24) is 10.2 Å². The fourth-order valence-corrected chi connectivity index (χ4v) is 8.60. The van der Waals surface area contributed by atoms with Crippen LogP contribution in [-0.4, -0.2) is 79.5 Å². The molecular weight excluding hydrogens is 513 g/mol. The van der Waals surface area contributed by atoms with Gasteiger partial charge in [0.05, 0.1) is 19.7 Å². The summed E-state index contributed by atoms with van der Waals surface area (Å²) in [6.07, 6.45) is 4.70. The van der Waals surface area contributed by atoms with Gasteiger partial charge in [-0.05, 0) is 49.2 Å². The SMILES string of the molecule is CC[C@]12C=CCN3CC[C@@]4(c5ccc(OC)cc5N(C)[C@H]4[C@@](O)(CNC(=O)c4cccc(F)c4)[C@@H]1OC(C)=O)[C@@H]32. The van der Waals surface area contributed by atoms with Gasteiger partial charge in [0, 0.05) is 54.7 Å². The van der Waals surface area contributed by atoms with Gasteiger partial charge in [0.1, 0.15) is 23.3 Å². The van der Waals surface area contributed by atoms with E-state index in [1.54, 1.807) is 7.11 Å². The second-order valence-electron chi connectivity index (χ2n) is 11.6. The van der Waals surface area contributed by atoms with Crippen molar-refractivity contribution < 1.29 is 28.6 Å². The Morgan fingerprint density at radius 1 is 1.20 bits per heavy atom. The Balaban J connectivity index is 1.54. The van der Waals surface area contributed by atoms with Crippen LogP contribution in [0.3, 0.4) is 0 Å². The average Bonchev–Trinajstić information content (AvgIpc) is 3.46. The molecule has 0 unspecified atom stereocenters. The summed E-state index contributed by atoms with van der Waals surface area (Å²) in [5.74, 6) is -0.820. The van der Waals surface area contributed by atoms with Crippen molar-refractivity contribution in [1.29, 1.82) is 0 Å². The van der Waals surface area contributed by atoms with E-state index in [4.69, 9.17) is 9.47 Å². The number of halogens is 1. The molecular formula is C31H36FN3O5. The minimum atomic E-state index is -1.69. The number of amides is 1. The van der Waals surface area contributed by atoms with Gasteiger partial charge < -0.3 is 24.8 Å². The molecule has 212 valence electrons. The number of likely N-dealkylation sites (N-methyl/N-ethyl adjacent to an activating group) is 1. The zero-order valence-electron chi connectivity index (χ0n) is 23.3. The number of esters is 1. The Kier molecular flexibility index (Phi) is 6.23. The minimum absolute atomic E-state index is 0.0411. The maximum absolute atomic E-state index is 13.9. The van der Waals surface area contributed by atoms with E-state index >= 15 is 0 Å². The van der Waals surface area contributed by atoms with E-state index in [1.807, 2.05) is 19.2 Å². The van der Waals surface area contributed by atoms with Crippen LogP contribution >= 0.6 is 0 Å². The molecule has 0 bridgehead atoms. The number of anilines is 1. The Morgan fingerprint density at radius 2 is 2.00 bits per heavy atom. The first-order chi connectivity index (χ1) is 19.1. The number of fused-ring (bicyclic) bond motifs is 1. The highest BCUT2D eigenvalue weighted by atomic mass is 19.1. The maximum atomic E-state index is 13.9. The number of carbonyl (C=O) groups is 2. The van der Waals surface area contributed by atoms with Gasteiger partial charge in [-0.2, -0.15) is 0 Å². The van der Waals surface area contributed by atoms with Gasteiger partial charge >= 0.3 is 5.97 Å². The highest BCUT2D eigenvalue weighted by Crippen LogP contribution is 2.67. The average molecular weight is 550 g/mol. The minimum Gasteiger partial charge on any atom is -0.497 e. The lowest BCUT2D eigenvalue weighted by atomic mass is 9.47. The van der Waals surface area contributed by atoms with Crippen LogP contribution in [0.2, 0.25) is 0 Å². The molecule has 2 aromatic carbocycles. The predicted octanol–water partition coefficient (Wildman–Crippen LogP) is 3.04. The number of hydrogen-bond donors (Lipinski definition) is 2. The number of rotatable bonds is 6. The van der Waals surface area contributed by atoms with Gasteiger partial charge in [0.25, 0.3) is 5.91 Å². The van der Waals surface area contributed by atoms with E-state index in [9.17, 15) is 19.1 Å². The van der Waals surface area contributed by atoms with Gasteiger partial charge in [-0.25, -0.2) is 4.39 Å². The van der Waals surface area contributed by atoms with Crippen molar-refractivity contribution in [2.24, 2.45) is 5.41 Å². The summed E-state index contributed by atoms with van der Waals surface area (Å²) < 4.78 is 25.6. The van der Waals surface area contributed by atoms with Gasteiger partial charge in [0.15, 0.2) is 0 Å². The largest absolute Gasteiger partial charge is 0.497 e. The van der Waals surface area contributed by atoms with Crippen LogP contribution in [0.5, 0.6) is 5.75 Å². The lowest BCUT2D eigenvalue weighted by Crippen LogP contribution is -2.81. The molecule has 9 heteroatoms. The molecule has 40 heavy (non-hydrogen) atoms. The lowest BCUT2D eigenvalue weighted by Gasteiger charge is -2.64. The van der Waals surface area contributed by atoms with E-state index in [1.165, 1.54) is 25.1 Å². The fourth-order valence-electron chi connectivity index (χ4n) is 8.60. The molecule has 3 heterocycles. The van der Waals surface area contributed by atoms with Crippen LogP contribution in [0.15, 0.2) is 54.6 Å². The molecule has 8 nitrogen and oxygen atoms in total. The Labute approximate surface area is 233 Å². The van der Waals surface area contributed by atoms with Gasteiger partial charge in [-0.15, -0.1) is 0 Å². The molecule has 2 N–H and O–H groups in total. The molecule has 6 atom stereocenters. The smallest absolute Gasteiger partial charge is 0.303 e. The molecule has 6 rings (SSSR count). The second kappa shape index (κ2) is 9.31. The number of ether oxygens (including phenoxy) is 2. The van der Waals surface area contributed by atoms with Crippen molar-refractivity contribution in [3.63, 3.8) is 0 Å². The van der Waals surface area contributed by atoms with E-state index < -0.39 is 46.3 Å². The number of methoxy groups -OCH3 is 1. The molecule has 1 saturated heterocycles. The number of carbonyl (C=O) groups excluding carboxylic acids is 2. The fraction of sp³-hybridized carbons (Fsp3) is 0.484. The second-order valence-corrected chi connectivity index (χ2v) is 11.6. The molecule has 0 radical (unpaired) electrons. The van der Waals surface area contributed by atoms with Crippen LogP contribution in [0.4, 0.5) is 10.1 Å². The molecule has 2 aromatic rings. The molecule has 1 aliphatic carbocycles. The van der Waals surface area contributed by atoms with Crippen LogP contribution < -0.4 is 15.0 Å². The Bertz CT molecular complexity index is 1400. The van der Waals surface area contributed by atoms with Gasteiger partial charge in [-0.3, -0.25) is 14.5 Å². The summed E-state index contributed by atoms with van der Waals surface area (Å²) in [7, 11) is 3.57. The van der Waals surface area contributed by atoms with Crippen LogP contribution in [0.25, 0.3) is 0 Å². The molecule has 0 aromatic heterocycles. The third-order valence-electron chi connectivity index (χ3n) is 9.84. The molecule has 1 amide bonds. The third kappa shape index (κ3) is 3.50. The molecule has 1 spiro atoms. The van der Waals surface area contributed by atoms with Crippen LogP contribution in [0, 0.1) is 11.2 Å².